The zero-order valence-electron chi connectivity index (χ0n) is 16.4. The van der Waals surface area contributed by atoms with Gasteiger partial charge in [-0.25, -0.2) is 4.98 Å². The van der Waals surface area contributed by atoms with Crippen molar-refractivity contribution in [1.29, 1.82) is 0 Å². The lowest BCUT2D eigenvalue weighted by Gasteiger charge is -2.31. The fraction of sp³-hybridized carbons (Fsp3) is 0.318. The molecule has 0 spiro atoms. The van der Waals surface area contributed by atoms with E-state index in [2.05, 4.69) is 24.0 Å². The molecule has 0 radical (unpaired) electrons. The Balaban J connectivity index is 2.01. The molecule has 0 amide bonds. The van der Waals surface area contributed by atoms with Crippen LogP contribution in [0.3, 0.4) is 0 Å². The van der Waals surface area contributed by atoms with Crippen LogP contribution in [0, 0.1) is 6.92 Å². The summed E-state index contributed by atoms with van der Waals surface area (Å²) in [5.74, 6) is 0. The van der Waals surface area contributed by atoms with Crippen LogP contribution in [0.1, 0.15) is 29.8 Å². The van der Waals surface area contributed by atoms with Crippen molar-refractivity contribution in [1.82, 2.24) is 4.98 Å². The molecule has 4 nitrogen and oxygen atoms in total. The maximum Gasteiger partial charge on any atom is 0.186 e. The van der Waals surface area contributed by atoms with Gasteiger partial charge in [-0.15, -0.1) is 11.3 Å². The normalized spacial score (nSPS) is 12.2. The van der Waals surface area contributed by atoms with Gasteiger partial charge in [0.25, 0.3) is 0 Å². The number of rotatable bonds is 9. The minimum Gasteiger partial charge on any atom is -0.371 e. The zero-order valence-corrected chi connectivity index (χ0v) is 18.8. The number of anilines is 1. The molecule has 0 fully saturated rings. The van der Waals surface area contributed by atoms with E-state index in [0.717, 1.165) is 39.8 Å². The summed E-state index contributed by atoms with van der Waals surface area (Å²) in [6.07, 6.45) is 0.956. The van der Waals surface area contributed by atoms with E-state index < -0.39 is 0 Å². The second kappa shape index (κ2) is 10.4. The largest absolute Gasteiger partial charge is 0.371 e. The first kappa shape index (κ1) is 22.1. The zero-order chi connectivity index (χ0) is 20.8. The predicted molar refractivity (Wildman–Crippen MR) is 122 cm³/mol. The third-order valence-electron chi connectivity index (χ3n) is 4.61. The van der Waals surface area contributed by atoms with Gasteiger partial charge in [-0.05, 0) is 37.1 Å². The number of hydrogen-bond donors (Lipinski definition) is 1. The van der Waals surface area contributed by atoms with Gasteiger partial charge in [-0.1, -0.05) is 60.5 Å². The van der Waals surface area contributed by atoms with Crippen molar-refractivity contribution in [2.24, 2.45) is 0 Å². The third-order valence-corrected chi connectivity index (χ3v) is 6.17. The summed E-state index contributed by atoms with van der Waals surface area (Å²) in [5, 5.41) is 11.3. The van der Waals surface area contributed by atoms with Crippen LogP contribution in [0.5, 0.6) is 0 Å². The minimum absolute atomic E-state index is 0.0533. The van der Waals surface area contributed by atoms with Crippen molar-refractivity contribution < 1.29 is 9.84 Å². The van der Waals surface area contributed by atoms with Crippen LogP contribution >= 0.6 is 34.5 Å². The maximum atomic E-state index is 9.21. The molecule has 1 heterocycles. The molecule has 3 aromatic rings. The lowest BCUT2D eigenvalue weighted by atomic mass is 10.1. The lowest BCUT2D eigenvalue weighted by Crippen LogP contribution is -2.32. The van der Waals surface area contributed by atoms with Gasteiger partial charge in [0.15, 0.2) is 5.13 Å². The number of aryl methyl sites for hydroxylation is 1. The molecule has 7 heteroatoms. The summed E-state index contributed by atoms with van der Waals surface area (Å²) in [6.45, 7) is 5.06. The summed E-state index contributed by atoms with van der Waals surface area (Å²) in [7, 11) is 0. The van der Waals surface area contributed by atoms with Crippen LogP contribution in [0.25, 0.3) is 11.3 Å². The second-order valence-electron chi connectivity index (χ2n) is 6.65. The number of benzene rings is 2. The lowest BCUT2D eigenvalue weighted by molar-refractivity contribution is -0.00819. The Kier molecular flexibility index (Phi) is 7.92. The average Bonchev–Trinajstić information content (AvgIpc) is 3.09. The number of aliphatic hydroxyl groups is 1. The summed E-state index contributed by atoms with van der Waals surface area (Å²) in [5.41, 5.74) is 2.85. The Morgan fingerprint density at radius 1 is 1.17 bits per heavy atom. The highest BCUT2D eigenvalue weighted by molar-refractivity contribution is 7.16. The van der Waals surface area contributed by atoms with E-state index in [1.165, 1.54) is 0 Å². The van der Waals surface area contributed by atoms with Crippen LogP contribution < -0.4 is 4.90 Å². The first-order chi connectivity index (χ1) is 14.0. The number of hydrogen-bond acceptors (Lipinski definition) is 5. The molecule has 1 N–H and O–H groups in total. The van der Waals surface area contributed by atoms with Crippen molar-refractivity contribution in [2.75, 3.05) is 24.8 Å². The van der Waals surface area contributed by atoms with Crippen LogP contribution in [-0.4, -0.2) is 30.0 Å². The molecule has 29 heavy (non-hydrogen) atoms. The second-order valence-corrected chi connectivity index (χ2v) is 8.67. The molecule has 0 saturated carbocycles. The average molecular weight is 451 g/mol. The van der Waals surface area contributed by atoms with Crippen molar-refractivity contribution in [3.05, 3.63) is 69.0 Å². The Morgan fingerprint density at radius 2 is 1.93 bits per heavy atom. The molecule has 154 valence electrons. The van der Waals surface area contributed by atoms with Gasteiger partial charge >= 0.3 is 0 Å². The fourth-order valence-electron chi connectivity index (χ4n) is 3.27. The molecule has 3 rings (SSSR count). The molecule has 0 aliphatic rings. The predicted octanol–water partition coefficient (Wildman–Crippen LogP) is 6.35. The molecule has 1 aromatic heterocycles. The Morgan fingerprint density at radius 3 is 2.59 bits per heavy atom. The van der Waals surface area contributed by atoms with Crippen molar-refractivity contribution in [3.8, 4) is 11.3 Å². The molecule has 1 atom stereocenters. The van der Waals surface area contributed by atoms with Crippen molar-refractivity contribution in [2.45, 2.75) is 26.3 Å². The highest BCUT2D eigenvalue weighted by Gasteiger charge is 2.25. The third kappa shape index (κ3) is 5.30. The molecular formula is C22H24Cl2N2O2S. The van der Waals surface area contributed by atoms with Gasteiger partial charge < -0.3 is 14.7 Å². The van der Waals surface area contributed by atoms with E-state index in [9.17, 15) is 5.11 Å². The molecule has 2 aromatic carbocycles. The Labute approximate surface area is 185 Å². The van der Waals surface area contributed by atoms with Crippen LogP contribution in [0.2, 0.25) is 10.0 Å². The van der Waals surface area contributed by atoms with Crippen LogP contribution in [0.4, 0.5) is 5.13 Å². The molecule has 0 aliphatic heterocycles. The standard InChI is InChI=1S/C22H24Cl2N2O2S/c1-3-11-26(20(13-28-14-27)16-7-5-4-6-8-16)22-25-21(15(2)29-22)18-10-9-17(23)12-19(18)24/h4-10,12,20,27H,3,11,13-14H2,1-2H3. The molecular weight excluding hydrogens is 427 g/mol. The SMILES string of the molecule is CCCN(c1nc(-c2ccc(Cl)cc2Cl)c(C)s1)C(COCO)c1ccccc1. The molecule has 1 unspecified atom stereocenters. The number of halogens is 2. The summed E-state index contributed by atoms with van der Waals surface area (Å²) < 4.78 is 5.41. The first-order valence-corrected chi connectivity index (χ1v) is 11.1. The van der Waals surface area contributed by atoms with Gasteiger partial charge in [0.05, 0.1) is 23.4 Å². The fourth-order valence-corrected chi connectivity index (χ4v) is 4.76. The van der Waals surface area contributed by atoms with E-state index in [0.29, 0.717) is 16.7 Å². The Bertz CT molecular complexity index is 934. The van der Waals surface area contributed by atoms with Crippen LogP contribution in [-0.2, 0) is 4.74 Å². The van der Waals surface area contributed by atoms with Crippen molar-refractivity contribution in [3.63, 3.8) is 0 Å². The summed E-state index contributed by atoms with van der Waals surface area (Å²) in [4.78, 5) is 8.27. The number of ether oxygens (including phenoxy) is 1. The minimum atomic E-state index is -0.314. The maximum absolute atomic E-state index is 9.21. The molecule has 0 saturated heterocycles. The number of nitrogens with zero attached hydrogens (tertiary/aromatic N) is 2. The summed E-state index contributed by atoms with van der Waals surface area (Å²) >= 11 is 14.1. The van der Waals surface area contributed by atoms with E-state index >= 15 is 0 Å². The van der Waals surface area contributed by atoms with Crippen LogP contribution in [0.15, 0.2) is 48.5 Å². The van der Waals surface area contributed by atoms with E-state index in [1.54, 1.807) is 17.4 Å². The topological polar surface area (TPSA) is 45.6 Å². The Hall–Kier alpha value is -1.63. The monoisotopic (exact) mass is 450 g/mol. The van der Waals surface area contributed by atoms with Gasteiger partial charge in [-0.2, -0.15) is 0 Å². The summed E-state index contributed by atoms with van der Waals surface area (Å²) in [6, 6.07) is 15.6. The van der Waals surface area contributed by atoms with E-state index in [1.807, 2.05) is 37.3 Å². The van der Waals surface area contributed by atoms with Gasteiger partial charge in [0.2, 0.25) is 0 Å². The van der Waals surface area contributed by atoms with E-state index in [-0.39, 0.29) is 12.8 Å². The van der Waals surface area contributed by atoms with Crippen molar-refractivity contribution >= 4 is 39.7 Å². The van der Waals surface area contributed by atoms with Gasteiger partial charge in [-0.3, -0.25) is 0 Å². The number of aliphatic hydroxyl groups excluding tert-OH is 1. The molecule has 0 bridgehead atoms. The molecule has 0 aliphatic carbocycles. The van der Waals surface area contributed by atoms with Gasteiger partial charge in [0, 0.05) is 22.0 Å². The van der Waals surface area contributed by atoms with E-state index in [4.69, 9.17) is 32.9 Å². The number of aromatic nitrogens is 1. The smallest absolute Gasteiger partial charge is 0.186 e. The number of thiazole rings is 1. The van der Waals surface area contributed by atoms with Gasteiger partial charge in [0.1, 0.15) is 6.79 Å². The first-order valence-electron chi connectivity index (χ1n) is 9.48. The quantitative estimate of drug-likeness (QED) is 0.385. The highest BCUT2D eigenvalue weighted by atomic mass is 35.5. The highest BCUT2D eigenvalue weighted by Crippen LogP contribution is 2.39.